The van der Waals surface area contributed by atoms with Crippen LogP contribution in [-0.4, -0.2) is 23.3 Å². The molecule has 0 spiro atoms. The molecule has 5 nitrogen and oxygen atoms in total. The van der Waals surface area contributed by atoms with Crippen LogP contribution in [0, 0.1) is 0 Å². The Bertz CT molecular complexity index is 744. The highest BCUT2D eigenvalue weighted by Gasteiger charge is 2.36. The summed E-state index contributed by atoms with van der Waals surface area (Å²) in [5, 5.41) is 6.40. The first-order chi connectivity index (χ1) is 13.0. The molecule has 0 bridgehead atoms. The molecule has 1 aromatic heterocycles. The summed E-state index contributed by atoms with van der Waals surface area (Å²) >= 11 is 5.97. The minimum atomic E-state index is -0.614. The average molecular weight is 388 g/mol. The van der Waals surface area contributed by atoms with Crippen molar-refractivity contribution < 1.29 is 9.59 Å². The van der Waals surface area contributed by atoms with Crippen molar-refractivity contribution in [2.75, 3.05) is 6.54 Å². The van der Waals surface area contributed by atoms with Gasteiger partial charge in [-0.15, -0.1) is 0 Å². The van der Waals surface area contributed by atoms with E-state index in [0.29, 0.717) is 31.0 Å². The highest BCUT2D eigenvalue weighted by molar-refractivity contribution is 6.30. The molecule has 2 rings (SSSR count). The fourth-order valence-electron chi connectivity index (χ4n) is 3.13. The lowest BCUT2D eigenvalue weighted by Crippen LogP contribution is -2.44. The Morgan fingerprint density at radius 3 is 2.37 bits per heavy atom. The predicted octanol–water partition coefficient (Wildman–Crippen LogP) is 3.62. The highest BCUT2D eigenvalue weighted by atomic mass is 35.5. The largest absolute Gasteiger partial charge is 0.355 e. The topological polar surface area (TPSA) is 71.1 Å². The maximum Gasteiger partial charge on any atom is 0.230 e. The van der Waals surface area contributed by atoms with E-state index in [-0.39, 0.29) is 18.2 Å². The number of halogens is 1. The van der Waals surface area contributed by atoms with E-state index in [9.17, 15) is 9.59 Å². The van der Waals surface area contributed by atoms with Gasteiger partial charge in [-0.25, -0.2) is 0 Å². The van der Waals surface area contributed by atoms with Gasteiger partial charge in [0.25, 0.3) is 0 Å². The second-order valence-electron chi connectivity index (χ2n) is 6.44. The smallest absolute Gasteiger partial charge is 0.230 e. The number of carbonyl (C=O) groups excluding carboxylic acids is 2. The zero-order valence-corrected chi connectivity index (χ0v) is 16.6. The number of rotatable bonds is 9. The predicted molar refractivity (Wildman–Crippen MR) is 107 cm³/mol. The van der Waals surface area contributed by atoms with Crippen LogP contribution in [0.2, 0.25) is 5.02 Å². The zero-order chi connectivity index (χ0) is 19.7. The lowest BCUT2D eigenvalue weighted by Gasteiger charge is -2.31. The van der Waals surface area contributed by atoms with Gasteiger partial charge in [0.05, 0.1) is 5.41 Å². The monoisotopic (exact) mass is 387 g/mol. The van der Waals surface area contributed by atoms with E-state index in [2.05, 4.69) is 15.6 Å². The molecule has 0 atom stereocenters. The van der Waals surface area contributed by atoms with E-state index >= 15 is 0 Å². The zero-order valence-electron chi connectivity index (χ0n) is 15.8. The van der Waals surface area contributed by atoms with Gasteiger partial charge < -0.3 is 10.6 Å². The van der Waals surface area contributed by atoms with Crippen LogP contribution in [0.1, 0.15) is 44.2 Å². The Balaban J connectivity index is 1.88. The van der Waals surface area contributed by atoms with E-state index in [1.54, 1.807) is 24.5 Å². The molecule has 0 radical (unpaired) electrons. The van der Waals surface area contributed by atoms with Gasteiger partial charge in [-0.3, -0.25) is 14.6 Å². The number of pyridine rings is 1. The van der Waals surface area contributed by atoms with Crippen molar-refractivity contribution in [2.24, 2.45) is 0 Å². The maximum absolute atomic E-state index is 12.9. The summed E-state index contributed by atoms with van der Waals surface area (Å²) in [4.78, 5) is 28.9. The van der Waals surface area contributed by atoms with Crippen molar-refractivity contribution in [3.63, 3.8) is 0 Å². The third-order valence-electron chi connectivity index (χ3n) is 4.89. The van der Waals surface area contributed by atoms with E-state index in [1.165, 1.54) is 0 Å². The van der Waals surface area contributed by atoms with Crippen LogP contribution in [-0.2, 0) is 21.5 Å². The van der Waals surface area contributed by atoms with Crippen LogP contribution in [0.4, 0.5) is 0 Å². The molecule has 0 fully saturated rings. The van der Waals surface area contributed by atoms with Crippen LogP contribution in [0.5, 0.6) is 0 Å². The highest BCUT2D eigenvalue weighted by Crippen LogP contribution is 2.32. The second-order valence-corrected chi connectivity index (χ2v) is 6.88. The molecule has 27 heavy (non-hydrogen) atoms. The van der Waals surface area contributed by atoms with E-state index in [1.807, 2.05) is 38.1 Å². The van der Waals surface area contributed by atoms with Gasteiger partial charge in [0.2, 0.25) is 11.8 Å². The van der Waals surface area contributed by atoms with Gasteiger partial charge in [0, 0.05) is 36.9 Å². The number of hydrogen-bond acceptors (Lipinski definition) is 3. The normalized spacial score (nSPS) is 11.1. The number of amides is 2. The summed E-state index contributed by atoms with van der Waals surface area (Å²) in [6.07, 6.45) is 4.98. The Morgan fingerprint density at radius 2 is 1.78 bits per heavy atom. The Labute approximate surface area is 165 Å². The fourth-order valence-corrected chi connectivity index (χ4v) is 3.26. The molecule has 0 unspecified atom stereocenters. The second kappa shape index (κ2) is 10.1. The minimum Gasteiger partial charge on any atom is -0.355 e. The molecular weight excluding hydrogens is 362 g/mol. The quantitative estimate of drug-likeness (QED) is 0.690. The SMILES string of the molecule is CCC(CC)(C(=O)NCCC(=O)NCc1cccnc1)c1ccc(Cl)cc1. The molecule has 1 aromatic carbocycles. The van der Waals surface area contributed by atoms with Gasteiger partial charge in [-0.05, 0) is 42.2 Å². The van der Waals surface area contributed by atoms with Crippen molar-refractivity contribution in [2.45, 2.75) is 45.1 Å². The molecule has 144 valence electrons. The first-order valence-electron chi connectivity index (χ1n) is 9.21. The van der Waals surface area contributed by atoms with Gasteiger partial charge in [0.15, 0.2) is 0 Å². The average Bonchev–Trinajstić information content (AvgIpc) is 2.70. The van der Waals surface area contributed by atoms with Crippen molar-refractivity contribution in [3.05, 3.63) is 64.9 Å². The molecule has 2 amide bonds. The minimum absolute atomic E-state index is 0.0603. The van der Waals surface area contributed by atoms with Crippen LogP contribution >= 0.6 is 11.6 Å². The van der Waals surface area contributed by atoms with E-state index in [0.717, 1.165) is 11.1 Å². The molecule has 0 saturated carbocycles. The van der Waals surface area contributed by atoms with Crippen LogP contribution < -0.4 is 10.6 Å². The summed E-state index contributed by atoms with van der Waals surface area (Å²) in [7, 11) is 0. The Kier molecular flexibility index (Phi) is 7.80. The number of carbonyl (C=O) groups is 2. The fraction of sp³-hybridized carbons (Fsp3) is 0.381. The lowest BCUT2D eigenvalue weighted by molar-refractivity contribution is -0.127. The maximum atomic E-state index is 12.9. The first kappa shape index (κ1) is 20.9. The first-order valence-corrected chi connectivity index (χ1v) is 9.59. The van der Waals surface area contributed by atoms with Crippen LogP contribution in [0.25, 0.3) is 0 Å². The number of hydrogen-bond donors (Lipinski definition) is 2. The number of aromatic nitrogens is 1. The molecule has 0 aliphatic heterocycles. The molecule has 1 heterocycles. The molecule has 0 saturated heterocycles. The van der Waals surface area contributed by atoms with Gasteiger partial charge in [-0.2, -0.15) is 0 Å². The van der Waals surface area contributed by atoms with Crippen molar-refractivity contribution in [1.29, 1.82) is 0 Å². The Morgan fingerprint density at radius 1 is 1.07 bits per heavy atom. The van der Waals surface area contributed by atoms with Crippen molar-refractivity contribution in [1.82, 2.24) is 15.6 Å². The summed E-state index contributed by atoms with van der Waals surface area (Å²) in [5.41, 5.74) is 1.26. The van der Waals surface area contributed by atoms with E-state index < -0.39 is 5.41 Å². The molecule has 2 aromatic rings. The van der Waals surface area contributed by atoms with Gasteiger partial charge in [0.1, 0.15) is 0 Å². The van der Waals surface area contributed by atoms with Crippen LogP contribution in [0.15, 0.2) is 48.8 Å². The third-order valence-corrected chi connectivity index (χ3v) is 5.14. The number of nitrogens with zero attached hydrogens (tertiary/aromatic N) is 1. The third kappa shape index (κ3) is 5.54. The van der Waals surface area contributed by atoms with Crippen LogP contribution in [0.3, 0.4) is 0 Å². The van der Waals surface area contributed by atoms with Gasteiger partial charge >= 0.3 is 0 Å². The molecule has 0 aliphatic rings. The number of benzene rings is 1. The molecule has 0 aliphatic carbocycles. The lowest BCUT2D eigenvalue weighted by atomic mass is 9.75. The summed E-state index contributed by atoms with van der Waals surface area (Å²) in [5.74, 6) is -0.167. The summed E-state index contributed by atoms with van der Waals surface area (Å²) in [6.45, 7) is 4.73. The molecule has 6 heteroatoms. The summed E-state index contributed by atoms with van der Waals surface area (Å²) < 4.78 is 0. The molecular formula is C21H26ClN3O2. The van der Waals surface area contributed by atoms with Gasteiger partial charge in [-0.1, -0.05) is 43.6 Å². The summed E-state index contributed by atoms with van der Waals surface area (Å²) in [6, 6.07) is 11.1. The Hall–Kier alpha value is -2.40. The standard InChI is InChI=1S/C21H26ClN3O2/c1-3-21(4-2,17-7-9-18(22)10-8-17)20(27)24-13-11-19(26)25-15-16-6-5-12-23-14-16/h5-10,12,14H,3-4,11,13,15H2,1-2H3,(H,24,27)(H,25,26). The van der Waals surface area contributed by atoms with Crippen molar-refractivity contribution >= 4 is 23.4 Å². The van der Waals surface area contributed by atoms with E-state index in [4.69, 9.17) is 11.6 Å². The molecule has 2 N–H and O–H groups in total. The number of nitrogens with one attached hydrogen (secondary N) is 2. The van der Waals surface area contributed by atoms with Crippen molar-refractivity contribution in [3.8, 4) is 0 Å².